The predicted molar refractivity (Wildman–Crippen MR) is 168 cm³/mol. The van der Waals surface area contributed by atoms with Crippen LogP contribution in [0.1, 0.15) is 59.9 Å². The number of aromatic nitrogens is 1. The van der Waals surface area contributed by atoms with E-state index in [4.69, 9.17) is 4.74 Å². The molecule has 4 aromatic rings. The second-order valence-corrected chi connectivity index (χ2v) is 11.7. The fourth-order valence-corrected chi connectivity index (χ4v) is 4.97. The van der Waals surface area contributed by atoms with Crippen LogP contribution in [0.2, 0.25) is 0 Å². The van der Waals surface area contributed by atoms with Gasteiger partial charge in [-0.15, -0.1) is 0 Å². The summed E-state index contributed by atoms with van der Waals surface area (Å²) < 4.78 is 7.44. The van der Waals surface area contributed by atoms with Gasteiger partial charge in [0.1, 0.15) is 6.54 Å². The van der Waals surface area contributed by atoms with E-state index >= 15 is 0 Å². The summed E-state index contributed by atoms with van der Waals surface area (Å²) in [5.74, 6) is -0.240. The van der Waals surface area contributed by atoms with Gasteiger partial charge >= 0.3 is 0 Å². The Morgan fingerprint density at radius 2 is 1.40 bits per heavy atom. The van der Waals surface area contributed by atoms with E-state index in [1.54, 1.807) is 12.0 Å². The van der Waals surface area contributed by atoms with E-state index in [1.165, 1.54) is 5.56 Å². The number of benzene rings is 3. The molecule has 6 nitrogen and oxygen atoms in total. The molecule has 0 fully saturated rings. The molecular formula is C36H43N3O3. The van der Waals surface area contributed by atoms with Crippen LogP contribution in [0, 0.1) is 0 Å². The highest BCUT2D eigenvalue weighted by Crippen LogP contribution is 2.23. The number of nitrogens with zero attached hydrogens (tertiary/aromatic N) is 3. The van der Waals surface area contributed by atoms with Crippen molar-refractivity contribution >= 4 is 11.8 Å². The summed E-state index contributed by atoms with van der Waals surface area (Å²) in [6.07, 6.45) is 2.70. The topological polar surface area (TPSA) is 54.8 Å². The third kappa shape index (κ3) is 8.67. The highest BCUT2D eigenvalue weighted by atomic mass is 16.5. The van der Waals surface area contributed by atoms with E-state index in [-0.39, 0.29) is 23.8 Å². The lowest BCUT2D eigenvalue weighted by Crippen LogP contribution is -2.43. The van der Waals surface area contributed by atoms with Gasteiger partial charge in [0.05, 0.1) is 6.54 Å². The predicted octanol–water partition coefficient (Wildman–Crippen LogP) is 6.54. The van der Waals surface area contributed by atoms with Crippen LogP contribution in [0.3, 0.4) is 0 Å². The molecule has 6 heteroatoms. The van der Waals surface area contributed by atoms with Gasteiger partial charge in [-0.1, -0.05) is 93.6 Å². The van der Waals surface area contributed by atoms with Crippen LogP contribution in [0.15, 0.2) is 103 Å². The first kappa shape index (κ1) is 30.8. The van der Waals surface area contributed by atoms with Crippen molar-refractivity contribution in [1.82, 2.24) is 14.4 Å². The Balaban J connectivity index is 1.56. The first-order chi connectivity index (χ1) is 20.2. The lowest BCUT2D eigenvalue weighted by Gasteiger charge is -2.28. The molecule has 4 rings (SSSR count). The number of amides is 2. The summed E-state index contributed by atoms with van der Waals surface area (Å²) >= 11 is 0. The van der Waals surface area contributed by atoms with Gasteiger partial charge in [-0.05, 0) is 52.8 Å². The Morgan fingerprint density at radius 1 is 0.762 bits per heavy atom. The van der Waals surface area contributed by atoms with Crippen LogP contribution in [0.5, 0.6) is 0 Å². The van der Waals surface area contributed by atoms with Gasteiger partial charge in [0, 0.05) is 50.8 Å². The largest absolute Gasteiger partial charge is 0.385 e. The van der Waals surface area contributed by atoms with Gasteiger partial charge in [-0.25, -0.2) is 0 Å². The van der Waals surface area contributed by atoms with Crippen molar-refractivity contribution < 1.29 is 14.3 Å². The molecule has 0 bridgehead atoms. The Morgan fingerprint density at radius 3 is 2.02 bits per heavy atom. The molecule has 0 saturated carbocycles. The quantitative estimate of drug-likeness (QED) is 0.173. The molecule has 0 spiro atoms. The van der Waals surface area contributed by atoms with E-state index in [2.05, 4.69) is 49.7 Å². The van der Waals surface area contributed by atoms with E-state index in [9.17, 15) is 9.59 Å². The standard InChI is InChI=1S/C36H43N3O3/c1-36(2,3)32-20-18-31(19-21-32)35(41)38(23-12-24-42-4)28-34(40)39(26-30-15-9-6-10-16-30)27-33-17-11-22-37(33)25-29-13-7-5-8-14-29/h5-11,13-22H,12,23-28H2,1-4H3. The molecule has 220 valence electrons. The highest BCUT2D eigenvalue weighted by molar-refractivity contribution is 5.96. The van der Waals surface area contributed by atoms with Crippen molar-refractivity contribution in [2.24, 2.45) is 0 Å². The first-order valence-electron chi connectivity index (χ1n) is 14.6. The minimum Gasteiger partial charge on any atom is -0.385 e. The maximum absolute atomic E-state index is 14.0. The molecule has 0 aliphatic rings. The molecule has 0 aliphatic carbocycles. The summed E-state index contributed by atoms with van der Waals surface area (Å²) in [6, 6.07) is 32.1. The number of rotatable bonds is 13. The van der Waals surface area contributed by atoms with Crippen molar-refractivity contribution in [3.05, 3.63) is 131 Å². The summed E-state index contributed by atoms with van der Waals surface area (Å²) in [5.41, 5.74) is 5.02. The van der Waals surface area contributed by atoms with Gasteiger partial charge in [-0.2, -0.15) is 0 Å². The fourth-order valence-electron chi connectivity index (χ4n) is 4.97. The molecule has 2 amide bonds. The van der Waals surface area contributed by atoms with Gasteiger partial charge in [-0.3, -0.25) is 9.59 Å². The Hall–Kier alpha value is -4.16. The van der Waals surface area contributed by atoms with Crippen LogP contribution in [0.4, 0.5) is 0 Å². The van der Waals surface area contributed by atoms with E-state index in [0.29, 0.717) is 38.2 Å². The number of carbonyl (C=O) groups is 2. The summed E-state index contributed by atoms with van der Waals surface area (Å²) in [7, 11) is 1.65. The molecule has 0 saturated heterocycles. The van der Waals surface area contributed by atoms with Crippen LogP contribution in [-0.4, -0.2) is 53.0 Å². The summed E-state index contributed by atoms with van der Waals surface area (Å²) in [6.45, 7) is 9.01. The SMILES string of the molecule is COCCCN(CC(=O)N(Cc1ccccc1)Cc1cccn1Cc1ccccc1)C(=O)c1ccc(C(C)(C)C)cc1. The van der Waals surface area contributed by atoms with Crippen molar-refractivity contribution in [2.45, 2.75) is 52.2 Å². The summed E-state index contributed by atoms with van der Waals surface area (Å²) in [4.78, 5) is 31.2. The molecule has 3 aromatic carbocycles. The lowest BCUT2D eigenvalue weighted by atomic mass is 9.86. The molecule has 0 radical (unpaired) electrons. The molecule has 0 atom stereocenters. The van der Waals surface area contributed by atoms with Crippen molar-refractivity contribution in [3.63, 3.8) is 0 Å². The number of carbonyl (C=O) groups excluding carboxylic acids is 2. The zero-order valence-electron chi connectivity index (χ0n) is 25.3. The second kappa shape index (κ2) is 14.6. The third-order valence-corrected chi connectivity index (χ3v) is 7.43. The summed E-state index contributed by atoms with van der Waals surface area (Å²) in [5, 5.41) is 0. The number of hydrogen-bond donors (Lipinski definition) is 0. The molecule has 0 unspecified atom stereocenters. The zero-order valence-corrected chi connectivity index (χ0v) is 25.3. The molecular weight excluding hydrogens is 522 g/mol. The Labute approximate surface area is 250 Å². The van der Waals surface area contributed by atoms with Crippen LogP contribution in [-0.2, 0) is 34.6 Å². The molecule has 0 aliphatic heterocycles. The van der Waals surface area contributed by atoms with Gasteiger partial charge in [0.15, 0.2) is 0 Å². The van der Waals surface area contributed by atoms with E-state index in [0.717, 1.165) is 23.4 Å². The average molecular weight is 566 g/mol. The van der Waals surface area contributed by atoms with Gasteiger partial charge < -0.3 is 19.1 Å². The van der Waals surface area contributed by atoms with Crippen molar-refractivity contribution in [1.29, 1.82) is 0 Å². The van der Waals surface area contributed by atoms with Gasteiger partial charge in [0.25, 0.3) is 5.91 Å². The minimum atomic E-state index is -0.146. The maximum atomic E-state index is 14.0. The average Bonchev–Trinajstić information content (AvgIpc) is 3.42. The minimum absolute atomic E-state index is 0.00417. The second-order valence-electron chi connectivity index (χ2n) is 11.7. The van der Waals surface area contributed by atoms with Gasteiger partial charge in [0.2, 0.25) is 5.91 Å². The molecule has 0 N–H and O–H groups in total. The zero-order chi connectivity index (χ0) is 30.0. The Bertz CT molecular complexity index is 1410. The number of ether oxygens (including phenoxy) is 1. The molecule has 1 aromatic heterocycles. The van der Waals surface area contributed by atoms with Crippen LogP contribution < -0.4 is 0 Å². The number of methoxy groups -OCH3 is 1. The maximum Gasteiger partial charge on any atom is 0.254 e. The lowest BCUT2D eigenvalue weighted by molar-refractivity contribution is -0.133. The van der Waals surface area contributed by atoms with Crippen molar-refractivity contribution in [2.75, 3.05) is 26.8 Å². The highest BCUT2D eigenvalue weighted by Gasteiger charge is 2.24. The Kier molecular flexibility index (Phi) is 10.7. The fraction of sp³-hybridized carbons (Fsp3) is 0.333. The van der Waals surface area contributed by atoms with E-state index < -0.39 is 0 Å². The normalized spacial score (nSPS) is 11.3. The molecule has 1 heterocycles. The number of hydrogen-bond acceptors (Lipinski definition) is 3. The first-order valence-corrected chi connectivity index (χ1v) is 14.6. The third-order valence-electron chi connectivity index (χ3n) is 7.43. The van der Waals surface area contributed by atoms with Crippen molar-refractivity contribution in [3.8, 4) is 0 Å². The molecule has 42 heavy (non-hydrogen) atoms. The monoisotopic (exact) mass is 565 g/mol. The van der Waals surface area contributed by atoms with Crippen LogP contribution >= 0.6 is 0 Å². The smallest absolute Gasteiger partial charge is 0.254 e. The van der Waals surface area contributed by atoms with Crippen LogP contribution in [0.25, 0.3) is 0 Å². The van der Waals surface area contributed by atoms with E-state index in [1.807, 2.05) is 83.8 Å².